The fraction of sp³-hybridized carbons (Fsp3) is 0.240. The van der Waals surface area contributed by atoms with Crippen LogP contribution in [0.2, 0.25) is 0 Å². The van der Waals surface area contributed by atoms with Gasteiger partial charge in [0.15, 0.2) is 6.61 Å². The third-order valence-electron chi connectivity index (χ3n) is 5.04. The topological polar surface area (TPSA) is 66.9 Å². The highest BCUT2D eigenvalue weighted by atomic mass is 32.2. The molecule has 0 aromatic heterocycles. The van der Waals surface area contributed by atoms with Crippen molar-refractivity contribution >= 4 is 15.9 Å². The number of carbonyl (C=O) groups is 1. The number of ether oxygens (including phenoxy) is 1. The number of hydrogen-bond acceptors (Lipinski definition) is 4. The Kier molecular flexibility index (Phi) is 8.03. The Morgan fingerprint density at radius 3 is 1.69 bits per heavy atom. The van der Waals surface area contributed by atoms with Gasteiger partial charge in [0.05, 0.1) is 6.26 Å². The Morgan fingerprint density at radius 1 is 0.750 bits per heavy atom. The van der Waals surface area contributed by atoms with Crippen molar-refractivity contribution in [2.24, 2.45) is 0 Å². The van der Waals surface area contributed by atoms with Gasteiger partial charge in [0.1, 0.15) is 5.75 Å². The predicted octanol–water partition coefficient (Wildman–Crippen LogP) is 3.69. The molecule has 0 heterocycles. The summed E-state index contributed by atoms with van der Waals surface area (Å²) in [7, 11) is -1.71. The molecule has 0 unspecified atom stereocenters. The summed E-state index contributed by atoms with van der Waals surface area (Å²) >= 11 is 0. The number of hydrogen-bond donors (Lipinski definition) is 0. The minimum atomic E-state index is -3.24. The molecule has 3 aromatic rings. The van der Waals surface area contributed by atoms with Crippen LogP contribution in [-0.2, 0) is 34.5 Å². The lowest BCUT2D eigenvalue weighted by molar-refractivity contribution is -0.134. The highest BCUT2D eigenvalue weighted by molar-refractivity contribution is 7.88. The normalized spacial score (nSPS) is 11.3. The van der Waals surface area contributed by atoms with Crippen molar-refractivity contribution in [2.75, 3.05) is 19.9 Å². The van der Waals surface area contributed by atoms with E-state index in [0.29, 0.717) is 18.8 Å². The van der Waals surface area contributed by atoms with E-state index in [1.54, 1.807) is 29.2 Å². The maximum atomic E-state index is 13.0. The molecule has 0 radical (unpaired) electrons. The quantitative estimate of drug-likeness (QED) is 0.471. The van der Waals surface area contributed by atoms with Crippen LogP contribution in [0.25, 0.3) is 0 Å². The smallest absolute Gasteiger partial charge is 0.261 e. The zero-order valence-electron chi connectivity index (χ0n) is 18.3. The van der Waals surface area contributed by atoms with Crippen molar-refractivity contribution in [2.45, 2.75) is 19.6 Å². The summed E-state index contributed by atoms with van der Waals surface area (Å²) in [4.78, 5) is 14.8. The molecule has 0 fully saturated rings. The monoisotopic (exact) mass is 452 g/mol. The molecule has 0 N–H and O–H groups in total. The minimum Gasteiger partial charge on any atom is -0.484 e. The summed E-state index contributed by atoms with van der Waals surface area (Å²) in [5.74, 6) is 0.446. The maximum absolute atomic E-state index is 13.0. The van der Waals surface area contributed by atoms with Crippen molar-refractivity contribution in [3.8, 4) is 5.75 Å². The Hall–Kier alpha value is -3.16. The zero-order valence-corrected chi connectivity index (χ0v) is 19.2. The number of benzene rings is 3. The van der Waals surface area contributed by atoms with E-state index in [-0.39, 0.29) is 19.1 Å². The van der Waals surface area contributed by atoms with Gasteiger partial charge < -0.3 is 9.64 Å². The standard InChI is InChI=1S/C25H28N2O4S/c1-26(32(2,29)30)17-23-13-15-24(16-14-23)31-20-25(28)27(18-21-9-5-3-6-10-21)19-22-11-7-4-8-12-22/h3-16H,17-20H2,1-2H3. The van der Waals surface area contributed by atoms with E-state index in [0.717, 1.165) is 16.7 Å². The average Bonchev–Trinajstić information content (AvgIpc) is 2.79. The Balaban J connectivity index is 1.62. The molecule has 0 aliphatic rings. The van der Waals surface area contributed by atoms with E-state index in [1.165, 1.54) is 17.6 Å². The van der Waals surface area contributed by atoms with Crippen molar-refractivity contribution in [3.63, 3.8) is 0 Å². The molecule has 0 bridgehead atoms. The number of nitrogens with zero attached hydrogens (tertiary/aromatic N) is 2. The van der Waals surface area contributed by atoms with Gasteiger partial charge in [0.25, 0.3) is 5.91 Å². The lowest BCUT2D eigenvalue weighted by Crippen LogP contribution is -2.34. The predicted molar refractivity (Wildman–Crippen MR) is 125 cm³/mol. The molecule has 0 saturated carbocycles. The lowest BCUT2D eigenvalue weighted by Gasteiger charge is -2.23. The molecule has 0 aliphatic heterocycles. The Morgan fingerprint density at radius 2 is 1.22 bits per heavy atom. The van der Waals surface area contributed by atoms with Crippen LogP contribution in [0.1, 0.15) is 16.7 Å². The highest BCUT2D eigenvalue weighted by Crippen LogP contribution is 2.16. The van der Waals surface area contributed by atoms with Gasteiger partial charge in [-0.3, -0.25) is 4.79 Å². The highest BCUT2D eigenvalue weighted by Gasteiger charge is 2.16. The van der Waals surface area contributed by atoms with Crippen molar-refractivity contribution in [1.29, 1.82) is 0 Å². The van der Waals surface area contributed by atoms with Gasteiger partial charge in [-0.1, -0.05) is 72.8 Å². The fourth-order valence-corrected chi connectivity index (χ4v) is 3.53. The van der Waals surface area contributed by atoms with Gasteiger partial charge in [-0.25, -0.2) is 12.7 Å². The molecule has 0 aliphatic carbocycles. The molecular weight excluding hydrogens is 424 g/mol. The van der Waals surface area contributed by atoms with Gasteiger partial charge in [-0.15, -0.1) is 0 Å². The van der Waals surface area contributed by atoms with Crippen LogP contribution in [0.5, 0.6) is 5.75 Å². The molecule has 168 valence electrons. The molecule has 0 atom stereocenters. The largest absolute Gasteiger partial charge is 0.484 e. The van der Waals surface area contributed by atoms with Crippen LogP contribution < -0.4 is 4.74 Å². The number of rotatable bonds is 10. The second-order valence-corrected chi connectivity index (χ2v) is 9.76. The molecular formula is C25H28N2O4S. The van der Waals surface area contributed by atoms with Crippen LogP contribution in [-0.4, -0.2) is 43.4 Å². The first-order valence-electron chi connectivity index (χ1n) is 10.3. The summed E-state index contributed by atoms with van der Waals surface area (Å²) in [6.07, 6.45) is 1.17. The Bertz CT molecular complexity index is 1060. The van der Waals surface area contributed by atoms with E-state index in [9.17, 15) is 13.2 Å². The van der Waals surface area contributed by atoms with E-state index in [2.05, 4.69) is 0 Å². The number of carbonyl (C=O) groups excluding carboxylic acids is 1. The summed E-state index contributed by atoms with van der Waals surface area (Å²) in [6, 6.07) is 26.8. The summed E-state index contributed by atoms with van der Waals surface area (Å²) < 4.78 is 30.1. The number of sulfonamides is 1. The van der Waals surface area contributed by atoms with Gasteiger partial charge in [-0.05, 0) is 28.8 Å². The third-order valence-corrected chi connectivity index (χ3v) is 6.30. The number of amides is 1. The van der Waals surface area contributed by atoms with Crippen LogP contribution in [0, 0.1) is 0 Å². The van der Waals surface area contributed by atoms with E-state index >= 15 is 0 Å². The van der Waals surface area contributed by atoms with Crippen molar-refractivity contribution in [1.82, 2.24) is 9.21 Å². The first kappa shape index (κ1) is 23.5. The summed E-state index contributed by atoms with van der Waals surface area (Å²) in [5, 5.41) is 0. The van der Waals surface area contributed by atoms with Crippen LogP contribution in [0.4, 0.5) is 0 Å². The summed E-state index contributed by atoms with van der Waals surface area (Å²) in [6.45, 7) is 1.19. The van der Waals surface area contributed by atoms with E-state index in [1.807, 2.05) is 60.7 Å². The molecule has 32 heavy (non-hydrogen) atoms. The molecule has 3 rings (SSSR count). The first-order chi connectivity index (χ1) is 15.3. The second-order valence-electron chi connectivity index (χ2n) is 7.67. The van der Waals surface area contributed by atoms with Crippen LogP contribution in [0.15, 0.2) is 84.9 Å². The van der Waals surface area contributed by atoms with E-state index in [4.69, 9.17) is 4.74 Å². The average molecular weight is 453 g/mol. The van der Waals surface area contributed by atoms with Crippen molar-refractivity contribution in [3.05, 3.63) is 102 Å². The minimum absolute atomic E-state index is 0.0811. The zero-order chi connectivity index (χ0) is 23.0. The Labute approximate surface area is 190 Å². The van der Waals surface area contributed by atoms with Gasteiger partial charge in [-0.2, -0.15) is 0 Å². The van der Waals surface area contributed by atoms with E-state index < -0.39 is 10.0 Å². The van der Waals surface area contributed by atoms with Crippen LogP contribution in [0.3, 0.4) is 0 Å². The van der Waals surface area contributed by atoms with Gasteiger partial charge in [0, 0.05) is 26.7 Å². The SMILES string of the molecule is CN(Cc1ccc(OCC(=O)N(Cc2ccccc2)Cc2ccccc2)cc1)S(C)(=O)=O. The van der Waals surface area contributed by atoms with Gasteiger partial charge >= 0.3 is 0 Å². The molecule has 1 amide bonds. The van der Waals surface area contributed by atoms with Crippen molar-refractivity contribution < 1.29 is 17.9 Å². The summed E-state index contributed by atoms with van der Waals surface area (Å²) in [5.41, 5.74) is 2.94. The molecule has 3 aromatic carbocycles. The molecule has 7 heteroatoms. The van der Waals surface area contributed by atoms with Gasteiger partial charge in [0.2, 0.25) is 10.0 Å². The third kappa shape index (κ3) is 7.21. The molecule has 0 spiro atoms. The van der Waals surface area contributed by atoms with Crippen LogP contribution >= 0.6 is 0 Å². The molecule has 6 nitrogen and oxygen atoms in total. The molecule has 0 saturated heterocycles. The maximum Gasteiger partial charge on any atom is 0.261 e. The fourth-order valence-electron chi connectivity index (χ4n) is 3.14. The first-order valence-corrected chi connectivity index (χ1v) is 12.1. The lowest BCUT2D eigenvalue weighted by atomic mass is 10.1. The second kappa shape index (κ2) is 10.9.